The first kappa shape index (κ1) is 20.4. The number of halogens is 2. The fraction of sp³-hybridized carbons (Fsp3) is 0.158. The molecule has 0 aliphatic heterocycles. The molecule has 0 spiro atoms. The number of thioether (sulfide) groups is 1. The van der Waals surface area contributed by atoms with E-state index in [-0.39, 0.29) is 10.8 Å². The number of ether oxygens (including phenoxy) is 1. The van der Waals surface area contributed by atoms with Gasteiger partial charge in [-0.2, -0.15) is 0 Å². The van der Waals surface area contributed by atoms with Gasteiger partial charge in [0.2, 0.25) is 0 Å². The largest absolute Gasteiger partial charge is 0.452 e. The van der Waals surface area contributed by atoms with E-state index in [9.17, 15) is 9.59 Å². The summed E-state index contributed by atoms with van der Waals surface area (Å²) >= 11 is 13.1. The van der Waals surface area contributed by atoms with Crippen LogP contribution >= 0.6 is 35.0 Å². The summed E-state index contributed by atoms with van der Waals surface area (Å²) in [5, 5.41) is 3.72. The Balaban J connectivity index is 1.53. The van der Waals surface area contributed by atoms with Crippen LogP contribution in [0.4, 0.5) is 5.69 Å². The molecule has 0 saturated heterocycles. The minimum atomic E-state index is -0.995. The van der Waals surface area contributed by atoms with E-state index in [2.05, 4.69) is 15.3 Å². The molecular weight excluding hydrogens is 421 g/mol. The zero-order valence-electron chi connectivity index (χ0n) is 14.7. The maximum absolute atomic E-state index is 12.2. The smallest absolute Gasteiger partial charge is 0.317 e. The number of benzene rings is 2. The van der Waals surface area contributed by atoms with Crippen molar-refractivity contribution in [3.05, 3.63) is 58.7 Å². The fourth-order valence-electron chi connectivity index (χ4n) is 2.26. The second kappa shape index (κ2) is 9.23. The van der Waals surface area contributed by atoms with Crippen molar-refractivity contribution in [1.29, 1.82) is 0 Å². The molecule has 144 valence electrons. The molecule has 1 amide bonds. The topological polar surface area (TPSA) is 81.2 Å². The van der Waals surface area contributed by atoms with Gasteiger partial charge in [-0.3, -0.25) is 14.6 Å². The highest BCUT2D eigenvalue weighted by atomic mass is 35.5. The molecule has 3 rings (SSSR count). The second-order valence-electron chi connectivity index (χ2n) is 5.71. The van der Waals surface area contributed by atoms with Crippen molar-refractivity contribution in [2.75, 3.05) is 11.1 Å². The molecule has 0 bridgehead atoms. The molecule has 0 fully saturated rings. The number of rotatable bonds is 6. The average molecular weight is 436 g/mol. The van der Waals surface area contributed by atoms with Crippen molar-refractivity contribution in [2.24, 2.45) is 0 Å². The first-order chi connectivity index (χ1) is 13.4. The van der Waals surface area contributed by atoms with Gasteiger partial charge in [-0.25, -0.2) is 4.98 Å². The van der Waals surface area contributed by atoms with Crippen LogP contribution in [0.25, 0.3) is 11.0 Å². The highest BCUT2D eigenvalue weighted by Gasteiger charge is 2.19. The van der Waals surface area contributed by atoms with E-state index in [4.69, 9.17) is 27.9 Å². The van der Waals surface area contributed by atoms with Gasteiger partial charge >= 0.3 is 5.97 Å². The zero-order chi connectivity index (χ0) is 20.1. The van der Waals surface area contributed by atoms with Crippen LogP contribution in [0.2, 0.25) is 10.0 Å². The lowest BCUT2D eigenvalue weighted by molar-refractivity contribution is -0.150. The number of nitrogens with zero attached hydrogens (tertiary/aromatic N) is 2. The summed E-state index contributed by atoms with van der Waals surface area (Å²) in [5.41, 5.74) is 1.87. The third-order valence-corrected chi connectivity index (χ3v) is 5.34. The standard InChI is InChI=1S/C19H15Cl2N3O3S/c1-11(19(26)24-15-8-4-5-12(20)18(15)21)27-17(25)10-28-16-9-22-13-6-2-3-7-14(13)23-16/h2-9,11H,10H2,1H3,(H,24,26). The third kappa shape index (κ3) is 5.13. The first-order valence-corrected chi connectivity index (χ1v) is 9.97. The number of hydrogen-bond donors (Lipinski definition) is 1. The number of anilines is 1. The number of fused-ring (bicyclic) bond motifs is 1. The van der Waals surface area contributed by atoms with Crippen LogP contribution in [0.15, 0.2) is 53.7 Å². The number of para-hydroxylation sites is 2. The zero-order valence-corrected chi connectivity index (χ0v) is 17.0. The molecule has 1 heterocycles. The molecule has 0 saturated carbocycles. The van der Waals surface area contributed by atoms with Gasteiger partial charge in [0.05, 0.1) is 38.7 Å². The summed E-state index contributed by atoms with van der Waals surface area (Å²) in [7, 11) is 0. The first-order valence-electron chi connectivity index (χ1n) is 8.23. The molecule has 2 aromatic carbocycles. The molecular formula is C19H15Cl2N3O3S. The molecule has 1 unspecified atom stereocenters. The van der Waals surface area contributed by atoms with Gasteiger partial charge < -0.3 is 10.1 Å². The van der Waals surface area contributed by atoms with Crippen molar-refractivity contribution in [3.63, 3.8) is 0 Å². The number of hydrogen-bond acceptors (Lipinski definition) is 6. The fourth-order valence-corrected chi connectivity index (χ4v) is 3.23. The van der Waals surface area contributed by atoms with Crippen molar-refractivity contribution in [3.8, 4) is 0 Å². The summed E-state index contributed by atoms with van der Waals surface area (Å²) in [6.45, 7) is 1.48. The molecule has 28 heavy (non-hydrogen) atoms. The SMILES string of the molecule is CC(OC(=O)CSc1cnc2ccccc2n1)C(=O)Nc1cccc(Cl)c1Cl. The summed E-state index contributed by atoms with van der Waals surface area (Å²) in [6.07, 6.45) is 0.600. The van der Waals surface area contributed by atoms with Crippen molar-refractivity contribution in [2.45, 2.75) is 18.1 Å². The second-order valence-corrected chi connectivity index (χ2v) is 7.49. The van der Waals surface area contributed by atoms with Gasteiger partial charge in [-0.05, 0) is 31.2 Å². The lowest BCUT2D eigenvalue weighted by Gasteiger charge is -2.14. The van der Waals surface area contributed by atoms with Gasteiger partial charge in [0.15, 0.2) is 6.10 Å². The third-order valence-electron chi connectivity index (χ3n) is 3.65. The predicted molar refractivity (Wildman–Crippen MR) is 111 cm³/mol. The quantitative estimate of drug-likeness (QED) is 0.450. The van der Waals surface area contributed by atoms with Gasteiger partial charge in [0, 0.05) is 0 Å². The van der Waals surface area contributed by atoms with Crippen molar-refractivity contribution >= 4 is 63.6 Å². The van der Waals surface area contributed by atoms with E-state index in [0.717, 1.165) is 11.0 Å². The summed E-state index contributed by atoms with van der Waals surface area (Å²) < 4.78 is 5.17. The molecule has 0 aliphatic rings. The Morgan fingerprint density at radius 3 is 2.68 bits per heavy atom. The number of aromatic nitrogens is 2. The van der Waals surface area contributed by atoms with Crippen LogP contribution in [-0.2, 0) is 14.3 Å². The lowest BCUT2D eigenvalue weighted by atomic mass is 10.3. The highest BCUT2D eigenvalue weighted by molar-refractivity contribution is 7.99. The van der Waals surface area contributed by atoms with E-state index in [1.807, 2.05) is 24.3 Å². The molecule has 1 N–H and O–H groups in total. The number of amides is 1. The normalized spacial score (nSPS) is 11.8. The lowest BCUT2D eigenvalue weighted by Crippen LogP contribution is -2.30. The molecule has 0 radical (unpaired) electrons. The summed E-state index contributed by atoms with van der Waals surface area (Å²) in [6, 6.07) is 12.3. The predicted octanol–water partition coefficient (Wildman–Crippen LogP) is 4.60. The van der Waals surface area contributed by atoms with Crippen molar-refractivity contribution < 1.29 is 14.3 Å². The van der Waals surface area contributed by atoms with Crippen LogP contribution in [0.3, 0.4) is 0 Å². The number of esters is 1. The molecule has 9 heteroatoms. The van der Waals surface area contributed by atoms with Gasteiger partial charge in [0.1, 0.15) is 5.03 Å². The highest BCUT2D eigenvalue weighted by Crippen LogP contribution is 2.29. The minimum absolute atomic E-state index is 0.00254. The Bertz CT molecular complexity index is 1030. The van der Waals surface area contributed by atoms with Crippen LogP contribution in [-0.4, -0.2) is 33.7 Å². The van der Waals surface area contributed by atoms with Gasteiger partial charge in [0.25, 0.3) is 5.91 Å². The Morgan fingerprint density at radius 2 is 1.89 bits per heavy atom. The minimum Gasteiger partial charge on any atom is -0.452 e. The Kier molecular flexibility index (Phi) is 6.72. The molecule has 1 atom stereocenters. The molecule has 0 aliphatic carbocycles. The monoisotopic (exact) mass is 435 g/mol. The van der Waals surface area contributed by atoms with Crippen LogP contribution in [0.5, 0.6) is 0 Å². The van der Waals surface area contributed by atoms with Crippen molar-refractivity contribution in [1.82, 2.24) is 9.97 Å². The Morgan fingerprint density at radius 1 is 1.14 bits per heavy atom. The molecule has 6 nitrogen and oxygen atoms in total. The maximum Gasteiger partial charge on any atom is 0.317 e. The summed E-state index contributed by atoms with van der Waals surface area (Å²) in [5.74, 6) is -1.05. The Hall–Kier alpha value is -2.35. The number of carbonyl (C=O) groups excluding carboxylic acids is 2. The van der Waals surface area contributed by atoms with E-state index < -0.39 is 18.0 Å². The number of carbonyl (C=O) groups is 2. The van der Waals surface area contributed by atoms with Crippen LogP contribution < -0.4 is 5.32 Å². The van der Waals surface area contributed by atoms with E-state index in [1.165, 1.54) is 18.7 Å². The maximum atomic E-state index is 12.2. The summed E-state index contributed by atoms with van der Waals surface area (Å²) in [4.78, 5) is 33.0. The van der Waals surface area contributed by atoms with Crippen LogP contribution in [0.1, 0.15) is 6.92 Å². The molecule has 1 aromatic heterocycles. The average Bonchev–Trinajstić information content (AvgIpc) is 2.69. The molecule has 3 aromatic rings. The van der Waals surface area contributed by atoms with Gasteiger partial charge in [-0.1, -0.05) is 53.2 Å². The van der Waals surface area contributed by atoms with E-state index in [1.54, 1.807) is 24.4 Å². The van der Waals surface area contributed by atoms with E-state index in [0.29, 0.717) is 15.7 Å². The Labute approximate surface area is 175 Å². The van der Waals surface area contributed by atoms with Crippen LogP contribution in [0, 0.1) is 0 Å². The van der Waals surface area contributed by atoms with Gasteiger partial charge in [-0.15, -0.1) is 0 Å². The van der Waals surface area contributed by atoms with E-state index >= 15 is 0 Å². The number of nitrogens with one attached hydrogen (secondary N) is 1.